The molecule has 0 amide bonds. The molecular formula is C16H27ClN4. The molecule has 0 radical (unpaired) electrons. The summed E-state index contributed by atoms with van der Waals surface area (Å²) < 4.78 is 0. The molecule has 1 N–H and O–H groups in total. The zero-order chi connectivity index (χ0) is 15.2. The van der Waals surface area contributed by atoms with E-state index in [0.29, 0.717) is 12.6 Å². The average molecular weight is 311 g/mol. The Morgan fingerprint density at radius 2 is 2.05 bits per heavy atom. The number of anilines is 1. The highest BCUT2D eigenvalue weighted by atomic mass is 35.5. The highest BCUT2D eigenvalue weighted by Crippen LogP contribution is 2.19. The van der Waals surface area contributed by atoms with E-state index >= 15 is 0 Å². The van der Waals surface area contributed by atoms with Gasteiger partial charge >= 0.3 is 0 Å². The molecule has 2 rings (SSSR count). The highest BCUT2D eigenvalue weighted by Gasteiger charge is 2.13. The Bertz CT molecular complexity index is 444. The van der Waals surface area contributed by atoms with Gasteiger partial charge in [-0.2, -0.15) is 0 Å². The monoisotopic (exact) mass is 310 g/mol. The number of halogens is 1. The van der Waals surface area contributed by atoms with Gasteiger partial charge in [0.25, 0.3) is 0 Å². The van der Waals surface area contributed by atoms with Crippen LogP contribution in [0, 0.1) is 0 Å². The van der Waals surface area contributed by atoms with Gasteiger partial charge in [-0.3, -0.25) is 0 Å². The van der Waals surface area contributed by atoms with E-state index in [1.807, 2.05) is 12.1 Å². The molecule has 118 valence electrons. The van der Waals surface area contributed by atoms with Crippen LogP contribution in [0.15, 0.2) is 12.1 Å². The molecule has 0 saturated carbocycles. The molecule has 21 heavy (non-hydrogen) atoms. The fourth-order valence-corrected chi connectivity index (χ4v) is 2.69. The van der Waals surface area contributed by atoms with Crippen LogP contribution in [-0.2, 0) is 6.54 Å². The number of rotatable bonds is 7. The van der Waals surface area contributed by atoms with Crippen molar-refractivity contribution in [2.75, 3.05) is 38.1 Å². The van der Waals surface area contributed by atoms with Gasteiger partial charge in [-0.15, -0.1) is 0 Å². The number of likely N-dealkylation sites (tertiary alicyclic amines) is 1. The minimum absolute atomic E-state index is 0.430. The van der Waals surface area contributed by atoms with E-state index in [1.165, 1.54) is 25.9 Å². The van der Waals surface area contributed by atoms with Gasteiger partial charge in [0, 0.05) is 32.7 Å². The van der Waals surface area contributed by atoms with E-state index in [-0.39, 0.29) is 0 Å². The molecule has 0 bridgehead atoms. The maximum absolute atomic E-state index is 6.24. The van der Waals surface area contributed by atoms with E-state index in [2.05, 4.69) is 36.0 Å². The van der Waals surface area contributed by atoms with Gasteiger partial charge in [-0.05, 0) is 38.1 Å². The van der Waals surface area contributed by atoms with E-state index in [0.717, 1.165) is 29.6 Å². The molecule has 1 fully saturated rings. The zero-order valence-electron chi connectivity index (χ0n) is 13.4. The summed E-state index contributed by atoms with van der Waals surface area (Å²) in [4.78, 5) is 9.44. The molecular weight excluding hydrogens is 284 g/mol. The van der Waals surface area contributed by atoms with Gasteiger partial charge in [-0.25, -0.2) is 4.98 Å². The van der Waals surface area contributed by atoms with Crippen molar-refractivity contribution in [1.29, 1.82) is 0 Å². The van der Waals surface area contributed by atoms with Gasteiger partial charge in [0.05, 0.1) is 10.7 Å². The third-order valence-electron chi connectivity index (χ3n) is 3.92. The van der Waals surface area contributed by atoms with Crippen LogP contribution in [0.5, 0.6) is 0 Å². The van der Waals surface area contributed by atoms with Crippen molar-refractivity contribution in [3.8, 4) is 0 Å². The van der Waals surface area contributed by atoms with Crippen LogP contribution in [0.1, 0.15) is 32.4 Å². The first-order chi connectivity index (χ1) is 10.1. The molecule has 4 nitrogen and oxygen atoms in total. The SMILES string of the molecule is CC(C)NCc1nc(N(C)CCN2CCCC2)ccc1Cl. The molecule has 1 aliphatic rings. The van der Waals surface area contributed by atoms with Crippen LogP contribution in [0.3, 0.4) is 0 Å². The largest absolute Gasteiger partial charge is 0.358 e. The number of aromatic nitrogens is 1. The predicted molar refractivity (Wildman–Crippen MR) is 90.2 cm³/mol. The summed E-state index contributed by atoms with van der Waals surface area (Å²) >= 11 is 6.24. The molecule has 2 heterocycles. The van der Waals surface area contributed by atoms with E-state index in [9.17, 15) is 0 Å². The maximum Gasteiger partial charge on any atom is 0.128 e. The van der Waals surface area contributed by atoms with Crippen molar-refractivity contribution in [3.63, 3.8) is 0 Å². The molecule has 0 aliphatic carbocycles. The van der Waals surface area contributed by atoms with Gasteiger partial charge in [-0.1, -0.05) is 25.4 Å². The number of likely N-dealkylation sites (N-methyl/N-ethyl adjacent to an activating group) is 1. The number of nitrogens with zero attached hydrogens (tertiary/aromatic N) is 3. The fourth-order valence-electron chi connectivity index (χ4n) is 2.52. The summed E-state index contributed by atoms with van der Waals surface area (Å²) in [6.07, 6.45) is 2.68. The molecule has 0 spiro atoms. The van der Waals surface area contributed by atoms with Gasteiger partial charge in [0.2, 0.25) is 0 Å². The van der Waals surface area contributed by atoms with Crippen molar-refractivity contribution >= 4 is 17.4 Å². The molecule has 1 aromatic heterocycles. The van der Waals surface area contributed by atoms with Gasteiger partial charge in [0.1, 0.15) is 5.82 Å². The van der Waals surface area contributed by atoms with Crippen molar-refractivity contribution in [3.05, 3.63) is 22.8 Å². The van der Waals surface area contributed by atoms with E-state index < -0.39 is 0 Å². The van der Waals surface area contributed by atoms with Crippen LogP contribution in [0.25, 0.3) is 0 Å². The second kappa shape index (κ2) is 7.97. The summed E-state index contributed by atoms with van der Waals surface area (Å²) in [5, 5.41) is 4.11. The smallest absolute Gasteiger partial charge is 0.128 e. The lowest BCUT2D eigenvalue weighted by molar-refractivity contribution is 0.346. The van der Waals surface area contributed by atoms with E-state index in [1.54, 1.807) is 0 Å². The van der Waals surface area contributed by atoms with Crippen molar-refractivity contribution in [1.82, 2.24) is 15.2 Å². The second-order valence-corrected chi connectivity index (χ2v) is 6.51. The van der Waals surface area contributed by atoms with Crippen LogP contribution in [0.4, 0.5) is 5.82 Å². The molecule has 1 saturated heterocycles. The Hall–Kier alpha value is -0.840. The molecule has 0 aromatic carbocycles. The number of pyridine rings is 1. The average Bonchev–Trinajstić information content (AvgIpc) is 2.97. The van der Waals surface area contributed by atoms with Gasteiger partial charge < -0.3 is 15.1 Å². The van der Waals surface area contributed by atoms with Crippen molar-refractivity contribution in [2.24, 2.45) is 0 Å². The van der Waals surface area contributed by atoms with Gasteiger partial charge in [0.15, 0.2) is 0 Å². The van der Waals surface area contributed by atoms with E-state index in [4.69, 9.17) is 16.6 Å². The van der Waals surface area contributed by atoms with Crippen molar-refractivity contribution in [2.45, 2.75) is 39.3 Å². The fraction of sp³-hybridized carbons (Fsp3) is 0.688. The predicted octanol–water partition coefficient (Wildman–Crippen LogP) is 2.77. The highest BCUT2D eigenvalue weighted by molar-refractivity contribution is 6.31. The van der Waals surface area contributed by atoms with Crippen LogP contribution >= 0.6 is 11.6 Å². The summed E-state index contributed by atoms with van der Waals surface area (Å²) in [7, 11) is 2.10. The third kappa shape index (κ3) is 5.13. The van der Waals surface area contributed by atoms with Crippen molar-refractivity contribution < 1.29 is 0 Å². The molecule has 1 aromatic rings. The summed E-state index contributed by atoms with van der Waals surface area (Å²) in [5.74, 6) is 0.999. The minimum Gasteiger partial charge on any atom is -0.358 e. The summed E-state index contributed by atoms with van der Waals surface area (Å²) in [6.45, 7) is 9.56. The Morgan fingerprint density at radius 1 is 1.33 bits per heavy atom. The number of hydrogen-bond acceptors (Lipinski definition) is 4. The first-order valence-corrected chi connectivity index (χ1v) is 8.26. The first kappa shape index (κ1) is 16.5. The normalized spacial score (nSPS) is 15.9. The molecule has 1 aliphatic heterocycles. The molecule has 0 atom stereocenters. The standard InChI is InChI=1S/C16H27ClN4/c1-13(2)18-12-15-14(17)6-7-16(19-15)20(3)10-11-21-8-4-5-9-21/h6-7,13,18H,4-5,8-12H2,1-3H3. The van der Waals surface area contributed by atoms with Crippen LogP contribution in [-0.4, -0.2) is 49.2 Å². The first-order valence-electron chi connectivity index (χ1n) is 7.88. The Labute approximate surface area is 133 Å². The lowest BCUT2D eigenvalue weighted by Gasteiger charge is -2.23. The Kier molecular flexibility index (Phi) is 6.27. The Morgan fingerprint density at radius 3 is 2.71 bits per heavy atom. The van der Waals surface area contributed by atoms with Crippen LogP contribution < -0.4 is 10.2 Å². The molecule has 5 heteroatoms. The number of hydrogen-bond donors (Lipinski definition) is 1. The Balaban J connectivity index is 1.92. The quantitative estimate of drug-likeness (QED) is 0.839. The summed E-state index contributed by atoms with van der Waals surface area (Å²) in [5.41, 5.74) is 0.927. The number of nitrogens with one attached hydrogen (secondary N) is 1. The minimum atomic E-state index is 0.430. The van der Waals surface area contributed by atoms with Crippen LogP contribution in [0.2, 0.25) is 5.02 Å². The zero-order valence-corrected chi connectivity index (χ0v) is 14.2. The third-order valence-corrected chi connectivity index (χ3v) is 4.27. The maximum atomic E-state index is 6.24. The molecule has 0 unspecified atom stereocenters. The second-order valence-electron chi connectivity index (χ2n) is 6.10. The lowest BCUT2D eigenvalue weighted by Crippen LogP contribution is -2.32. The topological polar surface area (TPSA) is 31.4 Å². The summed E-state index contributed by atoms with van der Waals surface area (Å²) in [6, 6.07) is 4.39. The lowest BCUT2D eigenvalue weighted by atomic mass is 10.3.